The van der Waals surface area contributed by atoms with E-state index in [1.54, 1.807) is 7.11 Å². The predicted molar refractivity (Wildman–Crippen MR) is 76.0 cm³/mol. The van der Waals surface area contributed by atoms with Gasteiger partial charge in [0.15, 0.2) is 0 Å². The number of methoxy groups -OCH3 is 1. The average molecular weight is 261 g/mol. The van der Waals surface area contributed by atoms with Gasteiger partial charge in [-0.1, -0.05) is 30.3 Å². The second-order valence-corrected chi connectivity index (χ2v) is 5.78. The van der Waals surface area contributed by atoms with Crippen LogP contribution >= 0.6 is 0 Å². The Morgan fingerprint density at radius 3 is 2.58 bits per heavy atom. The fourth-order valence-corrected chi connectivity index (χ4v) is 2.71. The lowest BCUT2D eigenvalue weighted by Gasteiger charge is -2.28. The van der Waals surface area contributed by atoms with Crippen molar-refractivity contribution < 1.29 is 9.53 Å². The number of carbonyl (C=O) groups excluding carboxylic acids is 1. The van der Waals surface area contributed by atoms with Crippen LogP contribution in [0, 0.1) is 0 Å². The molecular formula is C16H23NO2. The van der Waals surface area contributed by atoms with E-state index in [0.717, 1.165) is 24.8 Å². The van der Waals surface area contributed by atoms with Crippen LogP contribution in [0.4, 0.5) is 0 Å². The molecule has 0 heterocycles. The van der Waals surface area contributed by atoms with E-state index in [4.69, 9.17) is 4.74 Å². The molecule has 3 nitrogen and oxygen atoms in total. The highest BCUT2D eigenvalue weighted by Gasteiger charge is 2.35. The van der Waals surface area contributed by atoms with Gasteiger partial charge in [0, 0.05) is 7.11 Å². The molecule has 1 aromatic carbocycles. The predicted octanol–water partition coefficient (Wildman–Crippen LogP) is 2.65. The van der Waals surface area contributed by atoms with Gasteiger partial charge < -0.3 is 10.1 Å². The van der Waals surface area contributed by atoms with E-state index in [1.165, 1.54) is 0 Å². The quantitative estimate of drug-likeness (QED) is 0.905. The fraction of sp³-hybridized carbons (Fsp3) is 0.562. The molecule has 0 bridgehead atoms. The molecule has 0 saturated heterocycles. The Morgan fingerprint density at radius 1 is 1.26 bits per heavy atom. The Labute approximate surface area is 115 Å². The molecule has 1 fully saturated rings. The molecule has 2 unspecified atom stereocenters. The van der Waals surface area contributed by atoms with Crippen LogP contribution in [0.15, 0.2) is 30.3 Å². The number of hydrogen-bond donors (Lipinski definition) is 1. The van der Waals surface area contributed by atoms with Crippen LogP contribution in [0.3, 0.4) is 0 Å². The van der Waals surface area contributed by atoms with Crippen LogP contribution in [-0.2, 0) is 14.9 Å². The Balaban J connectivity index is 2.07. The number of hydrogen-bond acceptors (Lipinski definition) is 2. The summed E-state index contributed by atoms with van der Waals surface area (Å²) in [6.07, 6.45) is 3.33. The Kier molecular flexibility index (Phi) is 4.25. The van der Waals surface area contributed by atoms with E-state index in [9.17, 15) is 4.79 Å². The topological polar surface area (TPSA) is 38.3 Å². The highest BCUT2D eigenvalue weighted by atomic mass is 16.5. The number of carbonyl (C=O) groups is 1. The maximum absolute atomic E-state index is 12.5. The summed E-state index contributed by atoms with van der Waals surface area (Å²) >= 11 is 0. The second-order valence-electron chi connectivity index (χ2n) is 5.78. The molecule has 2 rings (SSSR count). The first-order chi connectivity index (χ1) is 9.05. The number of amides is 1. The molecule has 1 aliphatic carbocycles. The molecule has 104 valence electrons. The minimum atomic E-state index is -0.512. The first-order valence-electron chi connectivity index (χ1n) is 6.95. The zero-order valence-corrected chi connectivity index (χ0v) is 12.0. The summed E-state index contributed by atoms with van der Waals surface area (Å²) in [4.78, 5) is 12.5. The van der Waals surface area contributed by atoms with Crippen LogP contribution in [0.25, 0.3) is 0 Å². The number of nitrogens with one attached hydrogen (secondary N) is 1. The van der Waals surface area contributed by atoms with Crippen molar-refractivity contribution in [3.63, 3.8) is 0 Å². The van der Waals surface area contributed by atoms with Crippen LogP contribution < -0.4 is 5.32 Å². The molecule has 0 aromatic heterocycles. The third-order valence-corrected chi connectivity index (χ3v) is 4.13. The molecule has 0 aliphatic heterocycles. The van der Waals surface area contributed by atoms with Gasteiger partial charge in [-0.15, -0.1) is 0 Å². The lowest BCUT2D eigenvalue weighted by Crippen LogP contribution is -2.48. The summed E-state index contributed by atoms with van der Waals surface area (Å²) in [6, 6.07) is 10.1. The van der Waals surface area contributed by atoms with Gasteiger partial charge in [0.2, 0.25) is 5.91 Å². The largest absolute Gasteiger partial charge is 0.379 e. The smallest absolute Gasteiger partial charge is 0.230 e. The maximum atomic E-state index is 12.5. The highest BCUT2D eigenvalue weighted by molar-refractivity contribution is 5.87. The number of ether oxygens (including phenoxy) is 1. The normalized spacial score (nSPS) is 23.3. The minimum Gasteiger partial charge on any atom is -0.379 e. The number of rotatable bonds is 4. The summed E-state index contributed by atoms with van der Waals surface area (Å²) in [6.45, 7) is 3.93. The van der Waals surface area contributed by atoms with Crippen molar-refractivity contribution in [2.75, 3.05) is 7.11 Å². The summed E-state index contributed by atoms with van der Waals surface area (Å²) in [5.41, 5.74) is 0.529. The highest BCUT2D eigenvalue weighted by Crippen LogP contribution is 2.26. The van der Waals surface area contributed by atoms with Crippen LogP contribution in [0.1, 0.15) is 38.7 Å². The van der Waals surface area contributed by atoms with Crippen molar-refractivity contribution in [1.82, 2.24) is 5.32 Å². The van der Waals surface area contributed by atoms with Crippen LogP contribution in [-0.4, -0.2) is 25.2 Å². The molecule has 19 heavy (non-hydrogen) atoms. The SMILES string of the molecule is COC1CCCC1NC(=O)C(C)(C)c1ccccc1. The Bertz CT molecular complexity index is 428. The van der Waals surface area contributed by atoms with Gasteiger partial charge in [-0.05, 0) is 38.7 Å². The van der Waals surface area contributed by atoms with Gasteiger partial charge >= 0.3 is 0 Å². The summed E-state index contributed by atoms with van der Waals surface area (Å²) < 4.78 is 5.43. The van der Waals surface area contributed by atoms with Crippen molar-refractivity contribution in [3.8, 4) is 0 Å². The molecule has 1 aliphatic rings. The molecule has 1 saturated carbocycles. The Hall–Kier alpha value is -1.35. The van der Waals surface area contributed by atoms with Crippen molar-refractivity contribution in [2.24, 2.45) is 0 Å². The fourth-order valence-electron chi connectivity index (χ4n) is 2.71. The minimum absolute atomic E-state index is 0.0765. The van der Waals surface area contributed by atoms with Crippen molar-refractivity contribution in [2.45, 2.75) is 50.7 Å². The third-order valence-electron chi connectivity index (χ3n) is 4.13. The van der Waals surface area contributed by atoms with E-state index < -0.39 is 5.41 Å². The van der Waals surface area contributed by atoms with Gasteiger partial charge in [-0.25, -0.2) is 0 Å². The third kappa shape index (κ3) is 2.98. The zero-order chi connectivity index (χ0) is 13.9. The van der Waals surface area contributed by atoms with Gasteiger partial charge in [0.25, 0.3) is 0 Å². The first kappa shape index (κ1) is 14.1. The van der Waals surface area contributed by atoms with Gasteiger partial charge in [0.1, 0.15) is 0 Å². The van der Waals surface area contributed by atoms with E-state index >= 15 is 0 Å². The van der Waals surface area contributed by atoms with Crippen LogP contribution in [0.5, 0.6) is 0 Å². The molecule has 1 N–H and O–H groups in total. The van der Waals surface area contributed by atoms with E-state index in [1.807, 2.05) is 44.2 Å². The van der Waals surface area contributed by atoms with Crippen molar-refractivity contribution in [1.29, 1.82) is 0 Å². The van der Waals surface area contributed by atoms with E-state index in [0.29, 0.717) is 0 Å². The summed E-state index contributed by atoms with van der Waals surface area (Å²) in [7, 11) is 1.72. The molecule has 0 spiro atoms. The number of benzene rings is 1. The monoisotopic (exact) mass is 261 g/mol. The van der Waals surface area contributed by atoms with Crippen LogP contribution in [0.2, 0.25) is 0 Å². The standard InChI is InChI=1S/C16H23NO2/c1-16(2,12-8-5-4-6-9-12)15(18)17-13-10-7-11-14(13)19-3/h4-6,8-9,13-14H,7,10-11H2,1-3H3,(H,17,18). The van der Waals surface area contributed by atoms with E-state index in [-0.39, 0.29) is 18.1 Å². The van der Waals surface area contributed by atoms with Gasteiger partial charge in [-0.2, -0.15) is 0 Å². The first-order valence-corrected chi connectivity index (χ1v) is 6.95. The summed E-state index contributed by atoms with van der Waals surface area (Å²) in [5.74, 6) is 0.0765. The maximum Gasteiger partial charge on any atom is 0.230 e. The average Bonchev–Trinajstić information content (AvgIpc) is 2.87. The van der Waals surface area contributed by atoms with Gasteiger partial charge in [-0.3, -0.25) is 4.79 Å². The summed E-state index contributed by atoms with van der Waals surface area (Å²) in [5, 5.41) is 3.15. The molecule has 1 aromatic rings. The molecule has 3 heteroatoms. The lowest BCUT2D eigenvalue weighted by atomic mass is 9.83. The van der Waals surface area contributed by atoms with Crippen molar-refractivity contribution in [3.05, 3.63) is 35.9 Å². The second kappa shape index (κ2) is 5.74. The lowest BCUT2D eigenvalue weighted by molar-refractivity contribution is -0.127. The van der Waals surface area contributed by atoms with Crippen molar-refractivity contribution >= 4 is 5.91 Å². The molecule has 2 atom stereocenters. The molecule has 0 radical (unpaired) electrons. The Morgan fingerprint density at radius 2 is 1.95 bits per heavy atom. The zero-order valence-electron chi connectivity index (χ0n) is 12.0. The van der Waals surface area contributed by atoms with E-state index in [2.05, 4.69) is 5.32 Å². The molecule has 1 amide bonds. The molecular weight excluding hydrogens is 238 g/mol. The van der Waals surface area contributed by atoms with Gasteiger partial charge in [0.05, 0.1) is 17.6 Å².